The minimum atomic E-state index is -1.71. The van der Waals surface area contributed by atoms with Crippen LogP contribution in [-0.4, -0.2) is 117 Å². The first kappa shape index (κ1) is 48.3. The van der Waals surface area contributed by atoms with Gasteiger partial charge in [0.2, 0.25) is 41.4 Å². The Hall–Kier alpha value is -7.32. The van der Waals surface area contributed by atoms with Gasteiger partial charge in [-0.05, 0) is 55.2 Å². The quantitative estimate of drug-likeness (QED) is 0.0406. The normalized spacial score (nSPS) is 14.3. The Labute approximate surface area is 361 Å². The number of aromatic amines is 1. The molecule has 0 spiro atoms. The topological polar surface area (TPSA) is 337 Å². The molecule has 20 heteroatoms. The van der Waals surface area contributed by atoms with Gasteiger partial charge in [0.25, 0.3) is 0 Å². The molecule has 14 N–H and O–H groups in total. The van der Waals surface area contributed by atoms with E-state index in [1.54, 1.807) is 36.5 Å². The Bertz CT molecular complexity index is 2250. The van der Waals surface area contributed by atoms with Crippen molar-refractivity contribution in [2.75, 3.05) is 6.54 Å². The third-order valence-electron chi connectivity index (χ3n) is 9.97. The highest BCUT2D eigenvalue weighted by molar-refractivity contribution is 5.97. The standard InChI is InChI=1S/C43H53N9O11/c1-23(38(57)50-33(18-25-8-4-3-5-9-25)41(60)52-37(24(2)53)42(61)49-31(43(62)63)16-17-35(45)55)47-39(58)32(19-26-12-14-28(54)15-13-26)51-40(59)34(48-36(56)21-44)20-27-22-46-30-11-7-6-10-29(27)30/h3-15,22-24,31-34,37,46,53-54H,16-21,44H2,1-2H3,(H2,45,55)(H,47,58)(H,48,56)(H,49,61)(H,50,57)(H,51,59)(H,52,60)(H,62,63). The van der Waals surface area contributed by atoms with Gasteiger partial charge in [0.15, 0.2) is 0 Å². The second-order valence-corrected chi connectivity index (χ2v) is 14.9. The molecule has 63 heavy (non-hydrogen) atoms. The Kier molecular flexibility index (Phi) is 17.7. The summed E-state index contributed by atoms with van der Waals surface area (Å²) in [5.41, 5.74) is 13.3. The van der Waals surface area contributed by atoms with E-state index in [9.17, 15) is 53.7 Å². The molecule has 3 aromatic carbocycles. The molecule has 7 atom stereocenters. The summed E-state index contributed by atoms with van der Waals surface area (Å²) in [6.45, 7) is 2.09. The molecule has 0 saturated heterocycles. The summed E-state index contributed by atoms with van der Waals surface area (Å²) in [5.74, 6) is -7.43. The summed E-state index contributed by atoms with van der Waals surface area (Å²) in [6, 6.07) is 13.1. The molecule has 0 aliphatic rings. The summed E-state index contributed by atoms with van der Waals surface area (Å²) in [6.07, 6.45) is -0.813. The van der Waals surface area contributed by atoms with Gasteiger partial charge in [-0.1, -0.05) is 60.7 Å². The van der Waals surface area contributed by atoms with Crippen LogP contribution in [0, 0.1) is 0 Å². The maximum atomic E-state index is 14.0. The number of hydrogen-bond donors (Lipinski definition) is 12. The summed E-state index contributed by atoms with van der Waals surface area (Å²) >= 11 is 0. The highest BCUT2D eigenvalue weighted by Gasteiger charge is 2.34. The zero-order valence-electron chi connectivity index (χ0n) is 34.6. The van der Waals surface area contributed by atoms with Crippen molar-refractivity contribution in [3.8, 4) is 5.75 Å². The fourth-order valence-corrected chi connectivity index (χ4v) is 6.53. The van der Waals surface area contributed by atoms with Gasteiger partial charge in [-0.15, -0.1) is 0 Å². The maximum absolute atomic E-state index is 14.0. The smallest absolute Gasteiger partial charge is 0.326 e. The Morgan fingerprint density at radius 2 is 1.17 bits per heavy atom. The SMILES string of the molecule is CC(NC(=O)C(Cc1ccc(O)cc1)NC(=O)C(Cc1c[nH]c2ccccc12)NC(=O)CN)C(=O)NC(Cc1ccccc1)C(=O)NC(C(=O)NC(CCC(N)=O)C(=O)O)C(C)O. The molecule has 20 nitrogen and oxygen atoms in total. The number of phenols is 1. The minimum absolute atomic E-state index is 0.0197. The first-order valence-corrected chi connectivity index (χ1v) is 20.0. The second kappa shape index (κ2) is 23.0. The van der Waals surface area contributed by atoms with Crippen LogP contribution in [0.15, 0.2) is 85.1 Å². The van der Waals surface area contributed by atoms with Crippen LogP contribution in [0.2, 0.25) is 0 Å². The number of nitrogens with one attached hydrogen (secondary N) is 7. The number of amides is 7. The zero-order chi connectivity index (χ0) is 46.2. The third-order valence-corrected chi connectivity index (χ3v) is 9.97. The number of carboxylic acids is 1. The number of aliphatic hydroxyl groups is 1. The van der Waals surface area contributed by atoms with E-state index in [1.807, 2.05) is 24.3 Å². The van der Waals surface area contributed by atoms with E-state index >= 15 is 0 Å². The van der Waals surface area contributed by atoms with Crippen molar-refractivity contribution in [3.05, 3.63) is 102 Å². The molecule has 7 unspecified atom stereocenters. The first-order valence-electron chi connectivity index (χ1n) is 20.0. The predicted octanol–water partition coefficient (Wildman–Crippen LogP) is -1.48. The molecular weight excluding hydrogens is 819 g/mol. The molecule has 0 bridgehead atoms. The van der Waals surface area contributed by atoms with Crippen LogP contribution in [-0.2, 0) is 57.6 Å². The highest BCUT2D eigenvalue weighted by atomic mass is 16.4. The number of carbonyl (C=O) groups is 8. The molecule has 4 rings (SSSR count). The van der Waals surface area contributed by atoms with E-state index in [0.717, 1.165) is 10.9 Å². The molecular formula is C43H53N9O11. The monoisotopic (exact) mass is 871 g/mol. The predicted molar refractivity (Wildman–Crippen MR) is 228 cm³/mol. The number of fused-ring (bicyclic) bond motifs is 1. The van der Waals surface area contributed by atoms with Crippen molar-refractivity contribution in [2.45, 2.75) is 88.3 Å². The number of aromatic hydroxyl groups is 1. The number of para-hydroxylation sites is 1. The van der Waals surface area contributed by atoms with Crippen molar-refractivity contribution >= 4 is 58.2 Å². The van der Waals surface area contributed by atoms with Crippen LogP contribution in [0.5, 0.6) is 5.75 Å². The summed E-state index contributed by atoms with van der Waals surface area (Å²) in [7, 11) is 0. The van der Waals surface area contributed by atoms with Crippen LogP contribution in [0.1, 0.15) is 43.4 Å². The van der Waals surface area contributed by atoms with E-state index in [4.69, 9.17) is 11.5 Å². The summed E-state index contributed by atoms with van der Waals surface area (Å²) in [5, 5.41) is 45.7. The van der Waals surface area contributed by atoms with Gasteiger partial charge in [-0.3, -0.25) is 33.6 Å². The van der Waals surface area contributed by atoms with E-state index in [0.29, 0.717) is 16.7 Å². The Morgan fingerprint density at radius 1 is 0.635 bits per heavy atom. The van der Waals surface area contributed by atoms with Gasteiger partial charge in [-0.2, -0.15) is 0 Å². The van der Waals surface area contributed by atoms with Gasteiger partial charge >= 0.3 is 5.97 Å². The zero-order valence-corrected chi connectivity index (χ0v) is 34.6. The number of aromatic nitrogens is 1. The maximum Gasteiger partial charge on any atom is 0.326 e. The van der Waals surface area contributed by atoms with E-state index in [2.05, 4.69) is 36.9 Å². The number of hydrogen-bond acceptors (Lipinski definition) is 11. The van der Waals surface area contributed by atoms with Crippen LogP contribution in [0.3, 0.4) is 0 Å². The van der Waals surface area contributed by atoms with Gasteiger partial charge in [0.05, 0.1) is 12.6 Å². The average molecular weight is 872 g/mol. The van der Waals surface area contributed by atoms with Crippen LogP contribution >= 0.6 is 0 Å². The summed E-state index contributed by atoms with van der Waals surface area (Å²) in [4.78, 5) is 107. The lowest BCUT2D eigenvalue weighted by molar-refractivity contribution is -0.143. The molecule has 1 heterocycles. The Balaban J connectivity index is 1.54. The van der Waals surface area contributed by atoms with Crippen molar-refractivity contribution in [2.24, 2.45) is 11.5 Å². The first-order chi connectivity index (χ1) is 29.9. The van der Waals surface area contributed by atoms with Crippen molar-refractivity contribution in [1.82, 2.24) is 36.9 Å². The number of H-pyrrole nitrogens is 1. The average Bonchev–Trinajstić information content (AvgIpc) is 3.66. The number of primary amides is 1. The largest absolute Gasteiger partial charge is 0.508 e. The number of aliphatic carboxylic acids is 1. The number of carboxylic acid groups (broad SMARTS) is 1. The van der Waals surface area contributed by atoms with Gasteiger partial charge in [0.1, 0.15) is 42.0 Å². The molecule has 0 aliphatic heterocycles. The molecule has 0 fully saturated rings. The van der Waals surface area contributed by atoms with E-state index in [-0.39, 0.29) is 37.9 Å². The minimum Gasteiger partial charge on any atom is -0.508 e. The Morgan fingerprint density at radius 3 is 1.78 bits per heavy atom. The third kappa shape index (κ3) is 14.7. The molecule has 1 aromatic heterocycles. The van der Waals surface area contributed by atoms with Crippen molar-refractivity contribution in [3.63, 3.8) is 0 Å². The van der Waals surface area contributed by atoms with E-state index in [1.165, 1.54) is 38.1 Å². The fourth-order valence-electron chi connectivity index (χ4n) is 6.53. The lowest BCUT2D eigenvalue weighted by Crippen LogP contribution is -2.61. The molecule has 336 valence electrons. The lowest BCUT2D eigenvalue weighted by Gasteiger charge is -2.27. The number of benzene rings is 3. The van der Waals surface area contributed by atoms with Crippen molar-refractivity contribution in [1.29, 1.82) is 0 Å². The molecule has 7 amide bonds. The van der Waals surface area contributed by atoms with E-state index < -0.39 is 96.2 Å². The molecule has 0 saturated carbocycles. The number of rotatable bonds is 23. The fraction of sp³-hybridized carbons (Fsp3) is 0.349. The lowest BCUT2D eigenvalue weighted by atomic mass is 10.0. The van der Waals surface area contributed by atoms with Crippen molar-refractivity contribution < 1.29 is 53.7 Å². The number of aliphatic hydroxyl groups excluding tert-OH is 1. The number of nitrogens with two attached hydrogens (primary N) is 2. The second-order valence-electron chi connectivity index (χ2n) is 14.9. The molecule has 0 radical (unpaired) electrons. The van der Waals surface area contributed by atoms with Gasteiger partial charge in [0, 0.05) is 42.8 Å². The highest BCUT2D eigenvalue weighted by Crippen LogP contribution is 2.20. The van der Waals surface area contributed by atoms with Crippen LogP contribution < -0.4 is 43.4 Å². The molecule has 4 aromatic rings. The van der Waals surface area contributed by atoms with Crippen LogP contribution in [0.4, 0.5) is 0 Å². The van der Waals surface area contributed by atoms with Gasteiger partial charge < -0.3 is 63.7 Å². The number of carbonyl (C=O) groups excluding carboxylic acids is 7. The number of phenolic OH excluding ortho intramolecular Hbond substituents is 1. The van der Waals surface area contributed by atoms with Gasteiger partial charge in [-0.25, -0.2) is 4.79 Å². The molecule has 0 aliphatic carbocycles. The summed E-state index contributed by atoms with van der Waals surface area (Å²) < 4.78 is 0. The van der Waals surface area contributed by atoms with Crippen LogP contribution in [0.25, 0.3) is 10.9 Å².